The Bertz CT molecular complexity index is 1380. The summed E-state index contributed by atoms with van der Waals surface area (Å²) in [5, 5.41) is 19.1. The zero-order valence-corrected chi connectivity index (χ0v) is 17.9. The minimum absolute atomic E-state index is 0.0858. The number of non-ortho nitro benzene ring substituents is 1. The summed E-state index contributed by atoms with van der Waals surface area (Å²) in [6, 6.07) is 12.4. The van der Waals surface area contributed by atoms with Gasteiger partial charge in [-0.25, -0.2) is 13.8 Å². The van der Waals surface area contributed by atoms with Crippen LogP contribution < -0.4 is 9.73 Å². The van der Waals surface area contributed by atoms with Gasteiger partial charge < -0.3 is 0 Å². The Morgan fingerprint density at radius 3 is 2.75 bits per heavy atom. The molecule has 0 aliphatic carbocycles. The molecule has 0 unspecified atom stereocenters. The Morgan fingerprint density at radius 2 is 2.00 bits per heavy atom. The van der Waals surface area contributed by atoms with Crippen LogP contribution in [0.15, 0.2) is 58.5 Å². The number of nitrogens with one attached hydrogen (secondary N) is 1. The molecule has 2 heterocycles. The van der Waals surface area contributed by atoms with E-state index in [2.05, 4.69) is 15.6 Å². The zero-order chi connectivity index (χ0) is 23.0. The first-order valence-corrected chi connectivity index (χ1v) is 10.9. The van der Waals surface area contributed by atoms with Crippen LogP contribution in [0.4, 0.5) is 11.4 Å². The van der Waals surface area contributed by atoms with Crippen molar-refractivity contribution in [2.75, 3.05) is 11.4 Å². The van der Waals surface area contributed by atoms with Crippen molar-refractivity contribution in [1.29, 1.82) is 0 Å². The van der Waals surface area contributed by atoms with E-state index < -0.39 is 20.9 Å². The number of hydrazone groups is 1. The molecule has 1 amide bonds. The summed E-state index contributed by atoms with van der Waals surface area (Å²) in [6.07, 6.45) is 1.29. The molecule has 1 aromatic heterocycles. The fourth-order valence-electron chi connectivity index (χ4n) is 3.47. The highest BCUT2D eigenvalue weighted by molar-refractivity contribution is 7.93. The summed E-state index contributed by atoms with van der Waals surface area (Å²) >= 11 is 0. The average molecular weight is 454 g/mol. The number of hydrogen-bond donors (Lipinski definition) is 1. The first-order chi connectivity index (χ1) is 15.2. The zero-order valence-electron chi connectivity index (χ0n) is 17.1. The van der Waals surface area contributed by atoms with E-state index in [1.807, 2.05) is 0 Å². The smallest absolute Gasteiger partial charge is 0.270 e. The largest absolute Gasteiger partial charge is 0.271 e. The lowest BCUT2D eigenvalue weighted by Gasteiger charge is -2.26. The molecule has 0 spiro atoms. The van der Waals surface area contributed by atoms with Gasteiger partial charge in [-0.1, -0.05) is 30.3 Å². The number of benzene rings is 2. The molecule has 0 saturated carbocycles. The predicted octanol–water partition coefficient (Wildman–Crippen LogP) is 2.06. The molecule has 12 heteroatoms. The molecule has 2 aromatic carbocycles. The maximum Gasteiger partial charge on any atom is 0.270 e. The average Bonchev–Trinajstić information content (AvgIpc) is 3.08. The van der Waals surface area contributed by atoms with Crippen LogP contribution in [0.1, 0.15) is 11.3 Å². The lowest BCUT2D eigenvalue weighted by atomic mass is 10.1. The molecule has 1 N–H and O–H groups in total. The molecule has 4 rings (SSSR count). The van der Waals surface area contributed by atoms with Gasteiger partial charge in [-0.2, -0.15) is 10.2 Å². The van der Waals surface area contributed by atoms with Crippen LogP contribution in [0.2, 0.25) is 0 Å². The maximum absolute atomic E-state index is 12.8. The van der Waals surface area contributed by atoms with E-state index in [9.17, 15) is 23.3 Å². The number of hydrogen-bond acceptors (Lipinski definition) is 7. The van der Waals surface area contributed by atoms with E-state index in [-0.39, 0.29) is 17.1 Å². The highest BCUT2D eigenvalue weighted by Gasteiger charge is 2.36. The van der Waals surface area contributed by atoms with Crippen molar-refractivity contribution in [2.24, 2.45) is 5.10 Å². The topological polar surface area (TPSA) is 140 Å². The Morgan fingerprint density at radius 1 is 1.25 bits per heavy atom. The first-order valence-electron chi connectivity index (χ1n) is 9.42. The van der Waals surface area contributed by atoms with Crippen molar-refractivity contribution >= 4 is 33.5 Å². The Kier molecular flexibility index (Phi) is 5.22. The quantitative estimate of drug-likeness (QED) is 0.355. The van der Waals surface area contributed by atoms with Crippen molar-refractivity contribution in [3.8, 4) is 11.3 Å². The predicted molar refractivity (Wildman–Crippen MR) is 117 cm³/mol. The van der Waals surface area contributed by atoms with Crippen LogP contribution >= 0.6 is 0 Å². The van der Waals surface area contributed by atoms with Crippen molar-refractivity contribution in [1.82, 2.24) is 15.2 Å². The second-order valence-electron chi connectivity index (χ2n) is 7.05. The summed E-state index contributed by atoms with van der Waals surface area (Å²) in [4.78, 5) is 22.8. The summed E-state index contributed by atoms with van der Waals surface area (Å²) in [5.41, 5.74) is 4.60. The van der Waals surface area contributed by atoms with Gasteiger partial charge >= 0.3 is 0 Å². The second-order valence-corrected chi connectivity index (χ2v) is 8.99. The first kappa shape index (κ1) is 21.2. The minimum atomic E-state index is -3.72. The van der Waals surface area contributed by atoms with Gasteiger partial charge in [0.1, 0.15) is 17.9 Å². The molecule has 0 fully saturated rings. The third-order valence-corrected chi connectivity index (χ3v) is 6.86. The minimum Gasteiger partial charge on any atom is -0.271 e. The van der Waals surface area contributed by atoms with Crippen LogP contribution in [0.5, 0.6) is 0 Å². The molecule has 164 valence electrons. The monoisotopic (exact) mass is 454 g/mol. The van der Waals surface area contributed by atoms with Gasteiger partial charge in [0.05, 0.1) is 21.7 Å². The molecule has 32 heavy (non-hydrogen) atoms. The van der Waals surface area contributed by atoms with E-state index in [1.54, 1.807) is 31.2 Å². The number of nitro benzene ring substituents is 1. The van der Waals surface area contributed by atoms with Gasteiger partial charge in [-0.15, -0.1) is 0 Å². The number of anilines is 1. The molecule has 1 aliphatic rings. The highest BCUT2D eigenvalue weighted by atomic mass is 32.2. The van der Waals surface area contributed by atoms with Crippen LogP contribution in [0.3, 0.4) is 0 Å². The van der Waals surface area contributed by atoms with Gasteiger partial charge in [0, 0.05) is 30.3 Å². The standard InChI is InChI=1S/C20H18N6O5S/c1-13-20-19(16-8-3-4-9-17(16)32(30,31)24(20)2)23-25(13)12-18(27)22-21-11-14-6-5-7-15(10-14)26(28)29/h3-11H,12H2,1-2H3,(H,22,27)/b21-11+. The van der Waals surface area contributed by atoms with Gasteiger partial charge in [0.2, 0.25) is 0 Å². The molecule has 0 atom stereocenters. The number of carbonyl (C=O) groups is 1. The van der Waals surface area contributed by atoms with Crippen LogP contribution in [0, 0.1) is 17.0 Å². The number of sulfonamides is 1. The Labute approximate surface area is 183 Å². The number of aromatic nitrogens is 2. The lowest BCUT2D eigenvalue weighted by Crippen LogP contribution is -2.30. The Hall–Kier alpha value is -4.06. The Balaban J connectivity index is 1.55. The van der Waals surface area contributed by atoms with E-state index in [0.717, 1.165) is 0 Å². The summed E-state index contributed by atoms with van der Waals surface area (Å²) in [5.74, 6) is -0.492. The van der Waals surface area contributed by atoms with E-state index >= 15 is 0 Å². The van der Waals surface area contributed by atoms with E-state index in [0.29, 0.717) is 28.2 Å². The maximum atomic E-state index is 12.8. The molecule has 0 bridgehead atoms. The molecular formula is C20H18N6O5S. The van der Waals surface area contributed by atoms with E-state index in [4.69, 9.17) is 0 Å². The number of fused-ring (bicyclic) bond motifs is 3. The molecule has 0 radical (unpaired) electrons. The number of amides is 1. The van der Waals surface area contributed by atoms with Crippen LogP contribution in [-0.4, -0.2) is 42.3 Å². The van der Waals surface area contributed by atoms with Crippen LogP contribution in [-0.2, 0) is 21.4 Å². The van der Waals surface area contributed by atoms with Crippen molar-refractivity contribution in [3.63, 3.8) is 0 Å². The van der Waals surface area contributed by atoms with Gasteiger partial charge in [0.25, 0.3) is 21.6 Å². The summed E-state index contributed by atoms with van der Waals surface area (Å²) in [6.45, 7) is 1.49. The van der Waals surface area contributed by atoms with Gasteiger partial charge in [0.15, 0.2) is 0 Å². The summed E-state index contributed by atoms with van der Waals surface area (Å²) in [7, 11) is -2.27. The van der Waals surface area contributed by atoms with Gasteiger partial charge in [-0.3, -0.25) is 23.9 Å². The summed E-state index contributed by atoms with van der Waals surface area (Å²) < 4.78 is 28.3. The van der Waals surface area contributed by atoms with Gasteiger partial charge in [-0.05, 0) is 13.0 Å². The SMILES string of the molecule is Cc1c2c(nn1CC(=O)N/N=C/c1cccc([N+](=O)[O-])c1)-c1ccccc1S(=O)(=O)N2C. The number of nitro groups is 1. The molecule has 1 aliphatic heterocycles. The number of rotatable bonds is 5. The third-order valence-electron chi connectivity index (χ3n) is 5.05. The van der Waals surface area contributed by atoms with Crippen molar-refractivity contribution in [3.05, 3.63) is 69.9 Å². The van der Waals surface area contributed by atoms with Crippen LogP contribution in [0.25, 0.3) is 11.3 Å². The fourth-order valence-corrected chi connectivity index (χ4v) is 4.92. The lowest BCUT2D eigenvalue weighted by molar-refractivity contribution is -0.384. The van der Waals surface area contributed by atoms with Crippen molar-refractivity contribution in [2.45, 2.75) is 18.4 Å². The molecular weight excluding hydrogens is 436 g/mol. The number of carbonyl (C=O) groups excluding carboxylic acids is 1. The number of nitrogens with zero attached hydrogens (tertiary/aromatic N) is 5. The normalized spacial score (nSPS) is 14.1. The molecule has 0 saturated heterocycles. The second kappa shape index (κ2) is 7.89. The van der Waals surface area contributed by atoms with E-state index in [1.165, 1.54) is 46.5 Å². The molecule has 3 aromatic rings. The highest BCUT2D eigenvalue weighted by Crippen LogP contribution is 2.43. The van der Waals surface area contributed by atoms with Crippen molar-refractivity contribution < 1.29 is 18.1 Å². The molecule has 11 nitrogen and oxygen atoms in total. The third kappa shape index (κ3) is 3.60. The fraction of sp³-hybridized carbons (Fsp3) is 0.150.